The maximum atomic E-state index is 12.6. The van der Waals surface area contributed by atoms with Crippen LogP contribution >= 0.6 is 0 Å². The summed E-state index contributed by atoms with van der Waals surface area (Å²) in [7, 11) is 1.64. The van der Waals surface area contributed by atoms with Gasteiger partial charge in [-0.25, -0.2) is 0 Å². The number of nitrogens with zero attached hydrogens (tertiary/aromatic N) is 1. The minimum Gasteiger partial charge on any atom is -0.497 e. The molecule has 3 rings (SSSR count). The molecule has 1 fully saturated rings. The molecule has 0 radical (unpaired) electrons. The molecule has 1 heterocycles. The Bertz CT molecular complexity index is 683. The van der Waals surface area contributed by atoms with E-state index in [1.54, 1.807) is 7.11 Å². The van der Waals surface area contributed by atoms with E-state index in [9.17, 15) is 9.90 Å². The normalized spacial score (nSPS) is 17.9. The summed E-state index contributed by atoms with van der Waals surface area (Å²) in [5.41, 5.74) is 1.00. The Morgan fingerprint density at radius 2 is 2.23 bits per heavy atom. The van der Waals surface area contributed by atoms with E-state index < -0.39 is 0 Å². The van der Waals surface area contributed by atoms with Gasteiger partial charge in [-0.05, 0) is 41.3 Å². The van der Waals surface area contributed by atoms with Crippen molar-refractivity contribution >= 4 is 16.7 Å². The summed E-state index contributed by atoms with van der Waals surface area (Å²) in [6, 6.07) is 11.9. The second-order valence-electron chi connectivity index (χ2n) is 5.75. The molecule has 1 saturated heterocycles. The average molecular weight is 299 g/mol. The van der Waals surface area contributed by atoms with Crippen molar-refractivity contribution in [2.45, 2.75) is 25.3 Å². The minimum atomic E-state index is -0.0167. The lowest BCUT2D eigenvalue weighted by Gasteiger charge is -2.23. The molecule has 22 heavy (non-hydrogen) atoms. The molecule has 0 aromatic heterocycles. The first-order valence-corrected chi connectivity index (χ1v) is 7.69. The highest BCUT2D eigenvalue weighted by Crippen LogP contribution is 2.26. The maximum absolute atomic E-state index is 12.6. The van der Waals surface area contributed by atoms with Crippen molar-refractivity contribution in [3.05, 3.63) is 42.0 Å². The molecule has 4 nitrogen and oxygen atoms in total. The van der Waals surface area contributed by atoms with Crippen LogP contribution < -0.4 is 4.74 Å². The van der Waals surface area contributed by atoms with Gasteiger partial charge in [0.1, 0.15) is 5.75 Å². The van der Waals surface area contributed by atoms with Gasteiger partial charge in [0.15, 0.2) is 0 Å². The molecule has 116 valence electrons. The van der Waals surface area contributed by atoms with Gasteiger partial charge in [0.25, 0.3) is 0 Å². The van der Waals surface area contributed by atoms with Gasteiger partial charge < -0.3 is 14.7 Å². The molecular formula is C18H21NO3. The molecule has 2 aromatic rings. The predicted octanol–water partition coefficient (Wildman–Crippen LogP) is 2.37. The summed E-state index contributed by atoms with van der Waals surface area (Å²) in [5, 5.41) is 11.5. The summed E-state index contributed by atoms with van der Waals surface area (Å²) in [4.78, 5) is 14.4. The van der Waals surface area contributed by atoms with Crippen molar-refractivity contribution in [1.29, 1.82) is 0 Å². The zero-order valence-electron chi connectivity index (χ0n) is 12.8. The first kappa shape index (κ1) is 14.9. The van der Waals surface area contributed by atoms with Crippen molar-refractivity contribution < 1.29 is 14.6 Å². The quantitative estimate of drug-likeness (QED) is 0.943. The molecule has 4 heteroatoms. The largest absolute Gasteiger partial charge is 0.497 e. The molecular weight excluding hydrogens is 278 g/mol. The first-order valence-electron chi connectivity index (χ1n) is 7.69. The van der Waals surface area contributed by atoms with Crippen molar-refractivity contribution in [2.75, 3.05) is 20.3 Å². The SMILES string of the molecule is COc1ccc2cccc(CC(=O)N3CCC[C@@H]3CO)c2c1. The number of ether oxygens (including phenoxy) is 1. The smallest absolute Gasteiger partial charge is 0.227 e. The van der Waals surface area contributed by atoms with Crippen LogP contribution in [0, 0.1) is 0 Å². The van der Waals surface area contributed by atoms with Crippen molar-refractivity contribution in [3.8, 4) is 5.75 Å². The summed E-state index contributed by atoms with van der Waals surface area (Å²) in [6.07, 6.45) is 2.23. The van der Waals surface area contributed by atoms with E-state index >= 15 is 0 Å². The van der Waals surface area contributed by atoms with Crippen LogP contribution in [0.1, 0.15) is 18.4 Å². The van der Waals surface area contributed by atoms with Gasteiger partial charge in [0.05, 0.1) is 26.2 Å². The van der Waals surface area contributed by atoms with Crippen LogP contribution in [-0.4, -0.2) is 42.2 Å². The number of aliphatic hydroxyl groups excluding tert-OH is 1. The van der Waals surface area contributed by atoms with Crippen LogP contribution in [-0.2, 0) is 11.2 Å². The lowest BCUT2D eigenvalue weighted by atomic mass is 10.0. The molecule has 0 saturated carbocycles. The minimum absolute atomic E-state index is 0.0167. The third-order valence-corrected chi connectivity index (χ3v) is 4.43. The Labute approximate surface area is 130 Å². The Hall–Kier alpha value is -2.07. The zero-order chi connectivity index (χ0) is 15.5. The first-order chi connectivity index (χ1) is 10.7. The molecule has 0 bridgehead atoms. The molecule has 1 aliphatic heterocycles. The molecule has 2 aromatic carbocycles. The number of fused-ring (bicyclic) bond motifs is 1. The van der Waals surface area contributed by atoms with Crippen LogP contribution in [0.2, 0.25) is 0 Å². The number of hydrogen-bond acceptors (Lipinski definition) is 3. The zero-order valence-corrected chi connectivity index (χ0v) is 12.8. The van der Waals surface area contributed by atoms with E-state index in [1.807, 2.05) is 41.3 Å². The van der Waals surface area contributed by atoms with Gasteiger partial charge >= 0.3 is 0 Å². The summed E-state index contributed by atoms with van der Waals surface area (Å²) >= 11 is 0. The van der Waals surface area contributed by atoms with E-state index in [1.165, 1.54) is 0 Å². The Morgan fingerprint density at radius 3 is 3.00 bits per heavy atom. The van der Waals surface area contributed by atoms with E-state index in [0.717, 1.165) is 41.5 Å². The lowest BCUT2D eigenvalue weighted by molar-refractivity contribution is -0.131. The van der Waals surface area contributed by atoms with Crippen LogP contribution in [0.4, 0.5) is 0 Å². The summed E-state index contributed by atoms with van der Waals surface area (Å²) in [5.74, 6) is 0.883. The van der Waals surface area contributed by atoms with E-state index in [2.05, 4.69) is 0 Å². The van der Waals surface area contributed by atoms with Gasteiger partial charge in [-0.3, -0.25) is 4.79 Å². The van der Waals surface area contributed by atoms with Crippen LogP contribution in [0.25, 0.3) is 10.8 Å². The monoisotopic (exact) mass is 299 g/mol. The molecule has 1 atom stereocenters. The van der Waals surface area contributed by atoms with E-state index in [0.29, 0.717) is 6.42 Å². The number of aliphatic hydroxyl groups is 1. The van der Waals surface area contributed by atoms with Gasteiger partial charge in [-0.15, -0.1) is 0 Å². The lowest BCUT2D eigenvalue weighted by Crippen LogP contribution is -2.38. The van der Waals surface area contributed by atoms with E-state index in [-0.39, 0.29) is 18.6 Å². The molecule has 1 N–H and O–H groups in total. The highest BCUT2D eigenvalue weighted by Gasteiger charge is 2.28. The summed E-state index contributed by atoms with van der Waals surface area (Å²) < 4.78 is 5.29. The van der Waals surface area contributed by atoms with Crippen molar-refractivity contribution in [3.63, 3.8) is 0 Å². The van der Waals surface area contributed by atoms with Gasteiger partial charge in [-0.2, -0.15) is 0 Å². The Balaban J connectivity index is 1.88. The van der Waals surface area contributed by atoms with Gasteiger partial charge in [0, 0.05) is 6.54 Å². The maximum Gasteiger partial charge on any atom is 0.227 e. The number of carbonyl (C=O) groups is 1. The Kier molecular flexibility index (Phi) is 4.29. The fourth-order valence-corrected chi connectivity index (χ4v) is 3.22. The van der Waals surface area contributed by atoms with Crippen LogP contribution in [0.15, 0.2) is 36.4 Å². The van der Waals surface area contributed by atoms with Crippen molar-refractivity contribution in [1.82, 2.24) is 4.90 Å². The number of likely N-dealkylation sites (tertiary alicyclic amines) is 1. The third-order valence-electron chi connectivity index (χ3n) is 4.43. The highest BCUT2D eigenvalue weighted by molar-refractivity contribution is 5.91. The number of rotatable bonds is 4. The van der Waals surface area contributed by atoms with Gasteiger partial charge in [0.2, 0.25) is 5.91 Å². The number of hydrogen-bond donors (Lipinski definition) is 1. The number of amides is 1. The second-order valence-corrected chi connectivity index (χ2v) is 5.75. The average Bonchev–Trinajstić information content (AvgIpc) is 3.03. The topological polar surface area (TPSA) is 49.8 Å². The fourth-order valence-electron chi connectivity index (χ4n) is 3.22. The Morgan fingerprint density at radius 1 is 1.36 bits per heavy atom. The summed E-state index contributed by atoms with van der Waals surface area (Å²) in [6.45, 7) is 0.799. The second kappa shape index (κ2) is 6.36. The molecule has 0 aliphatic carbocycles. The highest BCUT2D eigenvalue weighted by atomic mass is 16.5. The van der Waals surface area contributed by atoms with Crippen LogP contribution in [0.5, 0.6) is 5.75 Å². The molecule has 0 unspecified atom stereocenters. The standard InChI is InChI=1S/C18H21NO3/c1-22-16-8-7-13-4-2-5-14(17(13)11-16)10-18(21)19-9-3-6-15(19)12-20/h2,4-5,7-8,11,15,20H,3,6,9-10,12H2,1H3/t15-/m1/s1. The van der Waals surface area contributed by atoms with Crippen LogP contribution in [0.3, 0.4) is 0 Å². The predicted molar refractivity (Wildman–Crippen MR) is 86.0 cm³/mol. The molecule has 1 aliphatic rings. The number of methoxy groups -OCH3 is 1. The molecule has 1 amide bonds. The van der Waals surface area contributed by atoms with Gasteiger partial charge in [-0.1, -0.05) is 24.3 Å². The number of benzene rings is 2. The number of carbonyl (C=O) groups excluding carboxylic acids is 1. The van der Waals surface area contributed by atoms with Crippen molar-refractivity contribution in [2.24, 2.45) is 0 Å². The fraction of sp³-hybridized carbons (Fsp3) is 0.389. The molecule has 0 spiro atoms. The van der Waals surface area contributed by atoms with E-state index in [4.69, 9.17) is 4.74 Å². The third kappa shape index (κ3) is 2.79.